The molecular weight excluding hydrogens is 100 g/mol. The molecule has 0 atom stereocenters. The average molecular weight is 112 g/mol. The maximum atomic E-state index is 5.17. The minimum absolute atomic E-state index is 0.482. The van der Waals surface area contributed by atoms with Gasteiger partial charge in [0.1, 0.15) is 0 Å². The van der Waals surface area contributed by atoms with E-state index in [-0.39, 0.29) is 0 Å². The van der Waals surface area contributed by atoms with E-state index >= 15 is 0 Å². The van der Waals surface area contributed by atoms with Crippen LogP contribution >= 0.6 is 0 Å². The molecule has 2 nitrogen and oxygen atoms in total. The molecule has 0 unspecified atom stereocenters. The van der Waals surface area contributed by atoms with Gasteiger partial charge in [0, 0.05) is 5.70 Å². The highest BCUT2D eigenvalue weighted by Gasteiger charge is 1.76. The maximum absolute atomic E-state index is 5.17. The van der Waals surface area contributed by atoms with E-state index in [0.717, 1.165) is 5.70 Å². The van der Waals surface area contributed by atoms with Crippen LogP contribution in [-0.2, 0) is 0 Å². The van der Waals surface area contributed by atoms with Crippen LogP contribution in [0, 0.1) is 0 Å². The van der Waals surface area contributed by atoms with Gasteiger partial charge in [-0.25, -0.2) is 0 Å². The summed E-state index contributed by atoms with van der Waals surface area (Å²) in [5.74, 6) is 0. The Labute approximate surface area is 50.1 Å². The molecule has 0 amide bonds. The van der Waals surface area contributed by atoms with Crippen molar-refractivity contribution in [3.63, 3.8) is 0 Å². The summed E-state index contributed by atoms with van der Waals surface area (Å²) in [6.45, 7) is 5.95. The first kappa shape index (κ1) is 7.24. The lowest BCUT2D eigenvalue weighted by molar-refractivity contribution is 0.827. The van der Waals surface area contributed by atoms with E-state index in [2.05, 4.69) is 11.9 Å². The molecule has 0 bridgehead atoms. The second-order valence-corrected chi connectivity index (χ2v) is 1.47. The van der Waals surface area contributed by atoms with E-state index < -0.39 is 0 Å². The molecule has 0 saturated heterocycles. The van der Waals surface area contributed by atoms with Gasteiger partial charge in [0.25, 0.3) is 0 Å². The first-order chi connectivity index (χ1) is 3.81. The van der Waals surface area contributed by atoms with Crippen molar-refractivity contribution >= 4 is 0 Å². The van der Waals surface area contributed by atoms with Crippen molar-refractivity contribution in [1.82, 2.24) is 5.32 Å². The van der Waals surface area contributed by atoms with E-state index in [1.165, 1.54) is 0 Å². The molecule has 0 fully saturated rings. The van der Waals surface area contributed by atoms with Crippen LogP contribution in [0.4, 0.5) is 0 Å². The van der Waals surface area contributed by atoms with Crippen molar-refractivity contribution in [1.29, 1.82) is 0 Å². The van der Waals surface area contributed by atoms with Gasteiger partial charge < -0.3 is 11.1 Å². The predicted octanol–water partition coefficient (Wildman–Crippen LogP) is 0.582. The Hall–Kier alpha value is -0.760. The van der Waals surface area contributed by atoms with Crippen LogP contribution in [0.15, 0.2) is 24.4 Å². The Morgan fingerprint density at radius 1 is 1.88 bits per heavy atom. The van der Waals surface area contributed by atoms with Crippen molar-refractivity contribution in [2.75, 3.05) is 6.67 Å². The third-order valence-electron chi connectivity index (χ3n) is 0.749. The summed E-state index contributed by atoms with van der Waals surface area (Å²) >= 11 is 0. The fourth-order valence-corrected chi connectivity index (χ4v) is 0.397. The fourth-order valence-electron chi connectivity index (χ4n) is 0.397. The number of hydrogen-bond acceptors (Lipinski definition) is 2. The van der Waals surface area contributed by atoms with Crippen molar-refractivity contribution in [2.24, 2.45) is 5.73 Å². The van der Waals surface area contributed by atoms with Gasteiger partial charge in [-0.3, -0.25) is 0 Å². The predicted molar refractivity (Wildman–Crippen MR) is 36.1 cm³/mol. The average Bonchev–Trinajstić information content (AvgIpc) is 1.68. The standard InChI is InChI=1S/C6H12N2/c1-3-4-6(2)8-5-7/h3-4,8H,1,5,7H2,2H3/b6-4+. The van der Waals surface area contributed by atoms with Crippen molar-refractivity contribution < 1.29 is 0 Å². The molecule has 0 aliphatic carbocycles. The molecule has 0 aliphatic rings. The fraction of sp³-hybridized carbons (Fsp3) is 0.333. The monoisotopic (exact) mass is 112 g/mol. The van der Waals surface area contributed by atoms with Crippen molar-refractivity contribution in [3.05, 3.63) is 24.4 Å². The molecule has 0 aromatic heterocycles. The normalized spacial score (nSPS) is 11.0. The van der Waals surface area contributed by atoms with Gasteiger partial charge in [-0.2, -0.15) is 0 Å². The third kappa shape index (κ3) is 3.43. The van der Waals surface area contributed by atoms with Gasteiger partial charge in [0.2, 0.25) is 0 Å². The van der Waals surface area contributed by atoms with E-state index in [9.17, 15) is 0 Å². The van der Waals surface area contributed by atoms with Crippen LogP contribution < -0.4 is 11.1 Å². The number of allylic oxidation sites excluding steroid dienone is 3. The lowest BCUT2D eigenvalue weighted by atomic mass is 10.4. The minimum atomic E-state index is 0.482. The smallest absolute Gasteiger partial charge is 0.0624 e. The van der Waals surface area contributed by atoms with Crippen molar-refractivity contribution in [3.8, 4) is 0 Å². The molecule has 8 heavy (non-hydrogen) atoms. The van der Waals surface area contributed by atoms with Gasteiger partial charge in [0.05, 0.1) is 6.67 Å². The molecule has 46 valence electrons. The minimum Gasteiger partial charge on any atom is -0.376 e. The highest BCUT2D eigenvalue weighted by Crippen LogP contribution is 1.82. The van der Waals surface area contributed by atoms with Crippen LogP contribution in [0.25, 0.3) is 0 Å². The summed E-state index contributed by atoms with van der Waals surface area (Å²) in [7, 11) is 0. The van der Waals surface area contributed by atoms with E-state index in [0.29, 0.717) is 6.67 Å². The lowest BCUT2D eigenvalue weighted by Gasteiger charge is -1.98. The Morgan fingerprint density at radius 2 is 2.50 bits per heavy atom. The molecule has 0 heterocycles. The summed E-state index contributed by atoms with van der Waals surface area (Å²) < 4.78 is 0. The van der Waals surface area contributed by atoms with Gasteiger partial charge in [-0.05, 0) is 13.0 Å². The van der Waals surface area contributed by atoms with Gasteiger partial charge >= 0.3 is 0 Å². The van der Waals surface area contributed by atoms with Crippen LogP contribution in [0.2, 0.25) is 0 Å². The van der Waals surface area contributed by atoms with Gasteiger partial charge in [-0.15, -0.1) is 0 Å². The quantitative estimate of drug-likeness (QED) is 0.414. The Balaban J connectivity index is 3.44. The Bertz CT molecular complexity index is 94.7. The molecule has 2 heteroatoms. The second-order valence-electron chi connectivity index (χ2n) is 1.47. The number of hydrogen-bond donors (Lipinski definition) is 2. The first-order valence-corrected chi connectivity index (χ1v) is 2.54. The molecule has 0 saturated carbocycles. The Morgan fingerprint density at radius 3 is 2.88 bits per heavy atom. The second kappa shape index (κ2) is 4.40. The summed E-state index contributed by atoms with van der Waals surface area (Å²) in [4.78, 5) is 0. The first-order valence-electron chi connectivity index (χ1n) is 2.54. The third-order valence-corrected chi connectivity index (χ3v) is 0.749. The van der Waals surface area contributed by atoms with Gasteiger partial charge in [0.15, 0.2) is 0 Å². The van der Waals surface area contributed by atoms with E-state index in [4.69, 9.17) is 5.73 Å². The summed E-state index contributed by atoms with van der Waals surface area (Å²) in [5.41, 5.74) is 6.22. The molecule has 0 spiro atoms. The number of nitrogens with one attached hydrogen (secondary N) is 1. The number of nitrogens with two attached hydrogens (primary N) is 1. The lowest BCUT2D eigenvalue weighted by Crippen LogP contribution is -2.19. The van der Waals surface area contributed by atoms with Gasteiger partial charge in [-0.1, -0.05) is 12.7 Å². The summed E-state index contributed by atoms with van der Waals surface area (Å²) in [6.07, 6.45) is 3.59. The largest absolute Gasteiger partial charge is 0.376 e. The molecule has 0 aromatic rings. The maximum Gasteiger partial charge on any atom is 0.0624 e. The highest BCUT2D eigenvalue weighted by atomic mass is 15.0. The number of rotatable bonds is 3. The Kier molecular flexibility index (Phi) is 3.98. The molecule has 0 aromatic carbocycles. The van der Waals surface area contributed by atoms with Crippen LogP contribution in [0.3, 0.4) is 0 Å². The highest BCUT2D eigenvalue weighted by molar-refractivity contribution is 5.05. The molecule has 0 radical (unpaired) electrons. The zero-order chi connectivity index (χ0) is 6.41. The summed E-state index contributed by atoms with van der Waals surface area (Å²) in [5, 5.41) is 2.91. The SMILES string of the molecule is C=C/C=C(\C)NCN. The topological polar surface area (TPSA) is 38.0 Å². The van der Waals surface area contributed by atoms with Crippen molar-refractivity contribution in [2.45, 2.75) is 6.92 Å². The van der Waals surface area contributed by atoms with E-state index in [1.807, 2.05) is 13.0 Å². The van der Waals surface area contributed by atoms with Crippen LogP contribution in [0.1, 0.15) is 6.92 Å². The molecule has 3 N–H and O–H groups in total. The van der Waals surface area contributed by atoms with Crippen LogP contribution in [-0.4, -0.2) is 6.67 Å². The zero-order valence-electron chi connectivity index (χ0n) is 5.15. The van der Waals surface area contributed by atoms with Crippen LogP contribution in [0.5, 0.6) is 0 Å². The van der Waals surface area contributed by atoms with E-state index in [1.54, 1.807) is 6.08 Å². The zero-order valence-corrected chi connectivity index (χ0v) is 5.15. The molecule has 0 aliphatic heterocycles. The molecule has 0 rings (SSSR count). The summed E-state index contributed by atoms with van der Waals surface area (Å²) in [6, 6.07) is 0. The molecular formula is C6H12N2.